The number of carbonyl (C=O) groups excluding carboxylic acids is 1. The summed E-state index contributed by atoms with van der Waals surface area (Å²) in [4.78, 5) is 14.1. The summed E-state index contributed by atoms with van der Waals surface area (Å²) in [6, 6.07) is 8.17. The van der Waals surface area contributed by atoms with Gasteiger partial charge in [-0.25, -0.2) is 0 Å². The fourth-order valence-corrected chi connectivity index (χ4v) is 3.06. The van der Waals surface area contributed by atoms with Gasteiger partial charge in [-0.2, -0.15) is 0 Å². The molecule has 0 saturated heterocycles. The van der Waals surface area contributed by atoms with Crippen LogP contribution in [0, 0.1) is 0 Å². The molecule has 3 nitrogen and oxygen atoms in total. The van der Waals surface area contributed by atoms with Crippen molar-refractivity contribution in [3.8, 4) is 5.75 Å². The van der Waals surface area contributed by atoms with Gasteiger partial charge in [-0.05, 0) is 18.9 Å². The van der Waals surface area contributed by atoms with Crippen LogP contribution in [0.1, 0.15) is 37.7 Å². The second-order valence-electron chi connectivity index (χ2n) is 5.26. The lowest BCUT2D eigenvalue weighted by molar-refractivity contribution is -0.132. The van der Waals surface area contributed by atoms with E-state index in [0.717, 1.165) is 24.2 Å². The second kappa shape index (κ2) is 7.53. The summed E-state index contributed by atoms with van der Waals surface area (Å²) in [7, 11) is 1.66. The molecule has 0 heterocycles. The van der Waals surface area contributed by atoms with Crippen molar-refractivity contribution in [1.82, 2.24) is 4.90 Å². The third kappa shape index (κ3) is 3.66. The summed E-state index contributed by atoms with van der Waals surface area (Å²) >= 11 is 5.78. The average molecular weight is 296 g/mol. The number of ether oxygens (including phenoxy) is 1. The maximum atomic E-state index is 12.2. The zero-order chi connectivity index (χ0) is 14.4. The summed E-state index contributed by atoms with van der Waals surface area (Å²) in [5.41, 5.74) is 1.04. The Kier molecular flexibility index (Phi) is 5.72. The average Bonchev–Trinajstić information content (AvgIpc) is 2.53. The first-order valence-corrected chi connectivity index (χ1v) is 7.77. The van der Waals surface area contributed by atoms with Gasteiger partial charge in [-0.15, -0.1) is 11.6 Å². The van der Waals surface area contributed by atoms with Crippen LogP contribution in [0.15, 0.2) is 24.3 Å². The van der Waals surface area contributed by atoms with Crippen molar-refractivity contribution in [2.45, 2.75) is 44.7 Å². The number of rotatable bonds is 5. The molecule has 0 bridgehead atoms. The molecule has 1 amide bonds. The molecule has 1 aromatic rings. The molecule has 0 aliphatic heterocycles. The van der Waals surface area contributed by atoms with Crippen LogP contribution in [0.4, 0.5) is 0 Å². The number of methoxy groups -OCH3 is 1. The Bertz CT molecular complexity index is 444. The topological polar surface area (TPSA) is 29.5 Å². The van der Waals surface area contributed by atoms with Crippen LogP contribution < -0.4 is 4.74 Å². The van der Waals surface area contributed by atoms with E-state index in [1.165, 1.54) is 19.3 Å². The molecule has 110 valence electrons. The fraction of sp³-hybridized carbons (Fsp3) is 0.562. The molecule has 0 unspecified atom stereocenters. The van der Waals surface area contributed by atoms with Crippen LogP contribution in [-0.2, 0) is 11.3 Å². The van der Waals surface area contributed by atoms with Crippen molar-refractivity contribution >= 4 is 17.5 Å². The maximum Gasteiger partial charge on any atom is 0.238 e. The first-order valence-electron chi connectivity index (χ1n) is 7.23. The van der Waals surface area contributed by atoms with E-state index in [1.54, 1.807) is 7.11 Å². The van der Waals surface area contributed by atoms with Gasteiger partial charge in [0.05, 0.1) is 7.11 Å². The van der Waals surface area contributed by atoms with Crippen LogP contribution in [0.25, 0.3) is 0 Å². The minimum absolute atomic E-state index is 0.0180. The Balaban J connectivity index is 2.16. The number of halogens is 1. The van der Waals surface area contributed by atoms with E-state index in [2.05, 4.69) is 0 Å². The molecule has 1 saturated carbocycles. The highest BCUT2D eigenvalue weighted by Crippen LogP contribution is 2.27. The lowest BCUT2D eigenvalue weighted by Crippen LogP contribution is -2.41. The number of nitrogens with zero attached hydrogens (tertiary/aromatic N) is 1. The van der Waals surface area contributed by atoms with Crippen LogP contribution in [0.5, 0.6) is 5.75 Å². The Morgan fingerprint density at radius 3 is 2.65 bits per heavy atom. The number of hydrogen-bond acceptors (Lipinski definition) is 2. The normalized spacial score (nSPS) is 15.9. The molecule has 4 heteroatoms. The van der Waals surface area contributed by atoms with E-state index in [1.807, 2.05) is 29.2 Å². The van der Waals surface area contributed by atoms with E-state index in [9.17, 15) is 4.79 Å². The van der Waals surface area contributed by atoms with Crippen molar-refractivity contribution in [2.24, 2.45) is 0 Å². The SMILES string of the molecule is COc1ccccc1CN(C(=O)CCl)C1CCCCC1. The number of hydrogen-bond donors (Lipinski definition) is 0. The Morgan fingerprint density at radius 1 is 1.30 bits per heavy atom. The molecule has 2 rings (SSSR count). The van der Waals surface area contributed by atoms with Gasteiger partial charge in [0, 0.05) is 18.2 Å². The van der Waals surface area contributed by atoms with E-state index >= 15 is 0 Å². The van der Waals surface area contributed by atoms with Crippen LogP contribution in [-0.4, -0.2) is 29.8 Å². The van der Waals surface area contributed by atoms with Gasteiger partial charge in [0.15, 0.2) is 0 Å². The molecular formula is C16H22ClNO2. The molecule has 1 aliphatic rings. The van der Waals surface area contributed by atoms with Crippen molar-refractivity contribution < 1.29 is 9.53 Å². The van der Waals surface area contributed by atoms with Gasteiger partial charge in [-0.3, -0.25) is 4.79 Å². The molecule has 0 N–H and O–H groups in total. The third-order valence-electron chi connectivity index (χ3n) is 3.98. The van der Waals surface area contributed by atoms with Crippen LogP contribution in [0.2, 0.25) is 0 Å². The van der Waals surface area contributed by atoms with Crippen molar-refractivity contribution in [2.75, 3.05) is 13.0 Å². The zero-order valence-corrected chi connectivity index (χ0v) is 12.7. The summed E-state index contributed by atoms with van der Waals surface area (Å²) in [5.74, 6) is 0.895. The Morgan fingerprint density at radius 2 is 2.00 bits per heavy atom. The lowest BCUT2D eigenvalue weighted by Gasteiger charge is -2.34. The smallest absolute Gasteiger partial charge is 0.238 e. The number of carbonyl (C=O) groups is 1. The van der Waals surface area contributed by atoms with Gasteiger partial charge in [0.2, 0.25) is 5.91 Å². The Hall–Kier alpha value is -1.22. The van der Waals surface area contributed by atoms with Crippen molar-refractivity contribution in [3.05, 3.63) is 29.8 Å². The van der Waals surface area contributed by atoms with E-state index in [0.29, 0.717) is 12.6 Å². The maximum absolute atomic E-state index is 12.2. The monoisotopic (exact) mass is 295 g/mol. The molecule has 0 atom stereocenters. The van der Waals surface area contributed by atoms with E-state index < -0.39 is 0 Å². The molecule has 0 aromatic heterocycles. The summed E-state index contributed by atoms with van der Waals surface area (Å²) in [5, 5.41) is 0. The standard InChI is InChI=1S/C16H22ClNO2/c1-20-15-10-6-5-7-13(15)12-18(16(19)11-17)14-8-3-2-4-9-14/h5-7,10,14H,2-4,8-9,11-12H2,1H3. The number of para-hydroxylation sites is 1. The lowest BCUT2D eigenvalue weighted by atomic mass is 9.93. The molecule has 0 radical (unpaired) electrons. The van der Waals surface area contributed by atoms with E-state index in [-0.39, 0.29) is 11.8 Å². The van der Waals surface area contributed by atoms with Gasteiger partial charge < -0.3 is 9.64 Å². The minimum Gasteiger partial charge on any atom is -0.496 e. The Labute approximate surface area is 125 Å². The quantitative estimate of drug-likeness (QED) is 0.777. The predicted octanol–water partition coefficient (Wildman–Crippen LogP) is 3.60. The van der Waals surface area contributed by atoms with Gasteiger partial charge >= 0.3 is 0 Å². The number of amides is 1. The molecule has 1 fully saturated rings. The molecule has 1 aliphatic carbocycles. The first kappa shape index (κ1) is 15.2. The van der Waals surface area contributed by atoms with Gasteiger partial charge in [-0.1, -0.05) is 37.5 Å². The molecule has 20 heavy (non-hydrogen) atoms. The third-order valence-corrected chi connectivity index (χ3v) is 4.21. The summed E-state index contributed by atoms with van der Waals surface area (Å²) in [6.07, 6.45) is 5.83. The van der Waals surface area contributed by atoms with Crippen molar-refractivity contribution in [1.29, 1.82) is 0 Å². The van der Waals surface area contributed by atoms with Gasteiger partial charge in [0.25, 0.3) is 0 Å². The van der Waals surface area contributed by atoms with Crippen LogP contribution in [0.3, 0.4) is 0 Å². The summed E-state index contributed by atoms with van der Waals surface area (Å²) in [6.45, 7) is 0.584. The largest absolute Gasteiger partial charge is 0.496 e. The highest BCUT2D eigenvalue weighted by Gasteiger charge is 2.25. The second-order valence-corrected chi connectivity index (χ2v) is 5.53. The molecular weight excluding hydrogens is 274 g/mol. The number of alkyl halides is 1. The fourth-order valence-electron chi connectivity index (χ4n) is 2.91. The van der Waals surface area contributed by atoms with E-state index in [4.69, 9.17) is 16.3 Å². The summed E-state index contributed by atoms with van der Waals surface area (Å²) < 4.78 is 5.38. The first-order chi connectivity index (χ1) is 9.76. The predicted molar refractivity (Wildman–Crippen MR) is 81.1 cm³/mol. The highest BCUT2D eigenvalue weighted by molar-refractivity contribution is 6.27. The molecule has 1 aromatic carbocycles. The van der Waals surface area contributed by atoms with Crippen molar-refractivity contribution in [3.63, 3.8) is 0 Å². The number of benzene rings is 1. The highest BCUT2D eigenvalue weighted by atomic mass is 35.5. The zero-order valence-electron chi connectivity index (χ0n) is 12.0. The van der Waals surface area contributed by atoms with Gasteiger partial charge in [0.1, 0.15) is 11.6 Å². The minimum atomic E-state index is 0.0180. The molecule has 0 spiro atoms. The van der Waals surface area contributed by atoms with Crippen LogP contribution >= 0.6 is 11.6 Å².